The fourth-order valence-corrected chi connectivity index (χ4v) is 5.85. The van der Waals surface area contributed by atoms with Crippen molar-refractivity contribution < 1.29 is 5.11 Å². The van der Waals surface area contributed by atoms with E-state index in [-0.39, 0.29) is 6.61 Å². The summed E-state index contributed by atoms with van der Waals surface area (Å²) in [6.07, 6.45) is 8.24. The van der Waals surface area contributed by atoms with Crippen molar-refractivity contribution in [1.82, 2.24) is 25.0 Å². The lowest BCUT2D eigenvalue weighted by atomic mass is 9.87. The van der Waals surface area contributed by atoms with Crippen LogP contribution in [0.25, 0.3) is 10.2 Å². The number of hydrogen-bond donors (Lipinski definition) is 2. The number of aliphatic imine (C=N–C) groups is 1. The van der Waals surface area contributed by atoms with Crippen LogP contribution in [0, 0.1) is 5.92 Å². The van der Waals surface area contributed by atoms with Gasteiger partial charge in [0.25, 0.3) is 0 Å². The second kappa shape index (κ2) is 7.51. The van der Waals surface area contributed by atoms with E-state index in [0.717, 1.165) is 59.8 Å². The van der Waals surface area contributed by atoms with Gasteiger partial charge in [0.05, 0.1) is 30.4 Å². The standard InChI is InChI=1S/C22H21N7OS/c30-11-17-9-26-28-29(17)10-13-1-4-18-19(5-13)31-22-20(18)21(24-12-25-22)27-16-3-2-14-7-23-8-15(14)6-16/h2-3,6,8-9,12-13,30H,1,4-5,7,10-11H2,(H,24,25,27)/t13-/m1/s1. The van der Waals surface area contributed by atoms with Gasteiger partial charge in [0.2, 0.25) is 0 Å². The van der Waals surface area contributed by atoms with Crippen LogP contribution >= 0.6 is 11.3 Å². The number of aliphatic hydroxyl groups is 1. The number of aromatic nitrogens is 5. The third-order valence-electron chi connectivity index (χ3n) is 6.14. The van der Waals surface area contributed by atoms with E-state index in [1.165, 1.54) is 21.6 Å². The summed E-state index contributed by atoms with van der Waals surface area (Å²) in [5.41, 5.74) is 5.57. The minimum absolute atomic E-state index is 0.0347. The summed E-state index contributed by atoms with van der Waals surface area (Å²) in [6, 6.07) is 6.35. The molecular weight excluding hydrogens is 410 g/mol. The Hall–Kier alpha value is -3.17. The van der Waals surface area contributed by atoms with Gasteiger partial charge in [-0.1, -0.05) is 11.3 Å². The van der Waals surface area contributed by atoms with Gasteiger partial charge in [-0.05, 0) is 54.0 Å². The first kappa shape index (κ1) is 18.6. The van der Waals surface area contributed by atoms with Crippen molar-refractivity contribution in [2.45, 2.75) is 39.0 Å². The van der Waals surface area contributed by atoms with Crippen LogP contribution < -0.4 is 5.32 Å². The number of aryl methyl sites for hydroxylation is 1. The lowest BCUT2D eigenvalue weighted by molar-refractivity contribution is 0.260. The van der Waals surface area contributed by atoms with Crippen molar-refractivity contribution in [1.29, 1.82) is 0 Å². The number of nitrogens with zero attached hydrogens (tertiary/aromatic N) is 6. The molecule has 8 nitrogen and oxygen atoms in total. The van der Waals surface area contributed by atoms with E-state index in [2.05, 4.69) is 48.8 Å². The van der Waals surface area contributed by atoms with E-state index in [0.29, 0.717) is 5.92 Å². The molecule has 2 aliphatic rings. The second-order valence-corrected chi connectivity index (χ2v) is 9.17. The molecule has 156 valence electrons. The molecule has 0 saturated carbocycles. The lowest BCUT2D eigenvalue weighted by Crippen LogP contribution is -2.20. The van der Waals surface area contributed by atoms with Crippen LogP contribution in [0.4, 0.5) is 11.5 Å². The fourth-order valence-electron chi connectivity index (χ4n) is 4.54. The van der Waals surface area contributed by atoms with E-state index in [9.17, 15) is 5.11 Å². The Morgan fingerprint density at radius 3 is 3.16 bits per heavy atom. The highest BCUT2D eigenvalue weighted by atomic mass is 32.1. The largest absolute Gasteiger partial charge is 0.390 e. The highest BCUT2D eigenvalue weighted by Crippen LogP contribution is 2.40. The van der Waals surface area contributed by atoms with Crippen molar-refractivity contribution in [2.75, 3.05) is 5.32 Å². The molecule has 0 fully saturated rings. The molecule has 3 aromatic heterocycles. The zero-order valence-corrected chi connectivity index (χ0v) is 17.6. The summed E-state index contributed by atoms with van der Waals surface area (Å²) < 4.78 is 1.83. The maximum absolute atomic E-state index is 9.46. The SMILES string of the molecule is OCc1cnnn1C[C@@H]1CCc2c(sc3ncnc(Nc4ccc5c(c4)C=NC5)c23)C1. The van der Waals surface area contributed by atoms with Crippen LogP contribution in [0.1, 0.15) is 33.7 Å². The maximum atomic E-state index is 9.46. The number of fused-ring (bicyclic) bond motifs is 4. The number of nitrogens with one attached hydrogen (secondary N) is 1. The molecule has 1 aliphatic carbocycles. The van der Waals surface area contributed by atoms with Gasteiger partial charge in [-0.25, -0.2) is 14.6 Å². The summed E-state index contributed by atoms with van der Waals surface area (Å²) >= 11 is 1.76. The predicted octanol–water partition coefficient (Wildman–Crippen LogP) is 3.26. The monoisotopic (exact) mass is 431 g/mol. The first-order chi connectivity index (χ1) is 15.3. The van der Waals surface area contributed by atoms with Gasteiger partial charge >= 0.3 is 0 Å². The quantitative estimate of drug-likeness (QED) is 0.503. The van der Waals surface area contributed by atoms with Crippen molar-refractivity contribution in [3.63, 3.8) is 0 Å². The minimum Gasteiger partial charge on any atom is -0.390 e. The summed E-state index contributed by atoms with van der Waals surface area (Å²) in [4.78, 5) is 15.9. The van der Waals surface area contributed by atoms with Crippen LogP contribution in [-0.4, -0.2) is 36.3 Å². The fraction of sp³-hybridized carbons (Fsp3) is 0.318. The molecule has 0 saturated heterocycles. The molecule has 31 heavy (non-hydrogen) atoms. The normalized spacial score (nSPS) is 17.1. The van der Waals surface area contributed by atoms with Gasteiger partial charge < -0.3 is 10.4 Å². The third-order valence-corrected chi connectivity index (χ3v) is 7.30. The van der Waals surface area contributed by atoms with Crippen LogP contribution in [0.15, 0.2) is 35.7 Å². The topological polar surface area (TPSA) is 101 Å². The van der Waals surface area contributed by atoms with Crippen molar-refractivity contribution >= 4 is 39.3 Å². The molecule has 0 unspecified atom stereocenters. The molecule has 6 rings (SSSR count). The van der Waals surface area contributed by atoms with Gasteiger partial charge in [0, 0.05) is 23.3 Å². The molecule has 2 N–H and O–H groups in total. The number of rotatable bonds is 5. The molecule has 1 atom stereocenters. The molecule has 9 heteroatoms. The van der Waals surface area contributed by atoms with E-state index in [4.69, 9.17) is 0 Å². The van der Waals surface area contributed by atoms with Gasteiger partial charge in [0.15, 0.2) is 0 Å². The first-order valence-corrected chi connectivity index (χ1v) is 11.2. The zero-order chi connectivity index (χ0) is 20.8. The van der Waals surface area contributed by atoms with Crippen molar-refractivity contribution in [3.05, 3.63) is 58.0 Å². The molecule has 0 radical (unpaired) electrons. The van der Waals surface area contributed by atoms with Crippen LogP contribution in [0.2, 0.25) is 0 Å². The van der Waals surface area contributed by atoms with Gasteiger partial charge in [-0.15, -0.1) is 16.4 Å². The molecular formula is C22H21N7OS. The lowest BCUT2D eigenvalue weighted by Gasteiger charge is -2.22. The molecule has 0 amide bonds. The summed E-state index contributed by atoms with van der Waals surface area (Å²) in [6.45, 7) is 1.50. The smallest absolute Gasteiger partial charge is 0.142 e. The third kappa shape index (κ3) is 3.30. The number of thiophene rings is 1. The average molecular weight is 432 g/mol. The average Bonchev–Trinajstić information content (AvgIpc) is 3.51. The highest BCUT2D eigenvalue weighted by Gasteiger charge is 2.26. The summed E-state index contributed by atoms with van der Waals surface area (Å²) in [5, 5.41) is 22.2. The second-order valence-electron chi connectivity index (χ2n) is 8.09. The van der Waals surface area contributed by atoms with Crippen molar-refractivity contribution in [2.24, 2.45) is 10.9 Å². The Morgan fingerprint density at radius 2 is 2.23 bits per heavy atom. The van der Waals surface area contributed by atoms with E-state index < -0.39 is 0 Å². The van der Waals surface area contributed by atoms with E-state index >= 15 is 0 Å². The zero-order valence-electron chi connectivity index (χ0n) is 16.8. The number of benzene rings is 1. The van der Waals surface area contributed by atoms with Gasteiger partial charge in [-0.2, -0.15) is 0 Å². The molecule has 0 spiro atoms. The Labute approximate surface area is 182 Å². The Kier molecular flexibility index (Phi) is 4.50. The summed E-state index contributed by atoms with van der Waals surface area (Å²) in [5.74, 6) is 1.34. The number of anilines is 2. The van der Waals surface area contributed by atoms with Gasteiger partial charge in [-0.3, -0.25) is 4.99 Å². The highest BCUT2D eigenvalue weighted by molar-refractivity contribution is 7.19. The Morgan fingerprint density at radius 1 is 1.26 bits per heavy atom. The van der Waals surface area contributed by atoms with E-state index in [1.807, 2.05) is 10.9 Å². The van der Waals surface area contributed by atoms with Crippen LogP contribution in [0.3, 0.4) is 0 Å². The van der Waals surface area contributed by atoms with E-state index in [1.54, 1.807) is 23.9 Å². The van der Waals surface area contributed by atoms with Crippen LogP contribution in [-0.2, 0) is 32.5 Å². The molecule has 4 aromatic rings. The summed E-state index contributed by atoms with van der Waals surface area (Å²) in [7, 11) is 0. The number of hydrogen-bond acceptors (Lipinski definition) is 8. The van der Waals surface area contributed by atoms with Crippen molar-refractivity contribution in [3.8, 4) is 0 Å². The molecule has 4 heterocycles. The molecule has 0 bridgehead atoms. The Bertz CT molecular complexity index is 1310. The predicted molar refractivity (Wildman–Crippen MR) is 120 cm³/mol. The van der Waals surface area contributed by atoms with Gasteiger partial charge in [0.1, 0.15) is 17.0 Å². The molecule has 1 aliphatic heterocycles. The minimum atomic E-state index is -0.0347. The Balaban J connectivity index is 1.29. The molecule has 1 aromatic carbocycles. The van der Waals surface area contributed by atoms with Crippen LogP contribution in [0.5, 0.6) is 0 Å². The number of aliphatic hydroxyl groups excluding tert-OH is 1. The maximum Gasteiger partial charge on any atom is 0.142 e. The first-order valence-electron chi connectivity index (χ1n) is 10.4.